The lowest BCUT2D eigenvalue weighted by Gasteiger charge is -2.17. The normalized spacial score (nSPS) is 11.8. The Balaban J connectivity index is 2.57. The Bertz CT molecular complexity index is 595. The number of rotatable bonds is 1. The van der Waals surface area contributed by atoms with Gasteiger partial charge in [-0.3, -0.25) is 4.79 Å². The molecule has 2 rings (SSSR count). The maximum absolute atomic E-state index is 11.6. The van der Waals surface area contributed by atoms with Gasteiger partial charge in [0.2, 0.25) is 0 Å². The van der Waals surface area contributed by atoms with Crippen LogP contribution in [0, 0.1) is 0 Å². The Hall–Kier alpha value is -0.940. The largest absolute Gasteiger partial charge is 0.306 e. The quantitative estimate of drug-likeness (QED) is 0.875. The van der Waals surface area contributed by atoms with Gasteiger partial charge in [0, 0.05) is 11.5 Å². The maximum atomic E-state index is 11.6. The third-order valence-corrected chi connectivity index (χ3v) is 3.95. The molecule has 0 bridgehead atoms. The lowest BCUT2D eigenvalue weighted by Crippen LogP contribution is -2.19. The molecule has 17 heavy (non-hydrogen) atoms. The highest BCUT2D eigenvalue weighted by molar-refractivity contribution is 9.11. The van der Waals surface area contributed by atoms with E-state index in [9.17, 15) is 4.79 Å². The molecule has 0 fully saturated rings. The molecule has 2 aromatic heterocycles. The third kappa shape index (κ3) is 2.84. The summed E-state index contributed by atoms with van der Waals surface area (Å²) < 4.78 is 1.02. The summed E-state index contributed by atoms with van der Waals surface area (Å²) in [4.78, 5) is 19.9. The molecule has 3 nitrogen and oxygen atoms in total. The van der Waals surface area contributed by atoms with Crippen molar-refractivity contribution in [3.63, 3.8) is 0 Å². The van der Waals surface area contributed by atoms with Crippen molar-refractivity contribution in [1.29, 1.82) is 0 Å². The zero-order chi connectivity index (χ0) is 12.6. The van der Waals surface area contributed by atoms with Crippen molar-refractivity contribution in [2.75, 3.05) is 0 Å². The molecule has 1 N–H and O–H groups in total. The second-order valence-electron chi connectivity index (χ2n) is 4.83. The molecule has 0 aliphatic heterocycles. The van der Waals surface area contributed by atoms with Gasteiger partial charge < -0.3 is 4.98 Å². The fraction of sp³-hybridized carbons (Fsp3) is 0.333. The van der Waals surface area contributed by atoms with Crippen molar-refractivity contribution in [2.45, 2.75) is 26.2 Å². The highest BCUT2D eigenvalue weighted by Crippen LogP contribution is 2.29. The molecular formula is C12H13BrN2OS. The molecule has 0 aliphatic carbocycles. The number of hydrogen-bond acceptors (Lipinski definition) is 3. The van der Waals surface area contributed by atoms with E-state index < -0.39 is 0 Å². The van der Waals surface area contributed by atoms with E-state index in [1.165, 1.54) is 0 Å². The molecule has 0 saturated heterocycles. The maximum Gasteiger partial charge on any atom is 0.251 e. The highest BCUT2D eigenvalue weighted by Gasteiger charge is 2.17. The molecule has 0 aromatic carbocycles. The molecule has 0 aliphatic rings. The van der Waals surface area contributed by atoms with Crippen molar-refractivity contribution < 1.29 is 0 Å². The number of halogens is 1. The van der Waals surface area contributed by atoms with E-state index >= 15 is 0 Å². The van der Waals surface area contributed by atoms with E-state index in [2.05, 4.69) is 25.9 Å². The van der Waals surface area contributed by atoms with Gasteiger partial charge in [-0.2, -0.15) is 0 Å². The van der Waals surface area contributed by atoms with Crippen molar-refractivity contribution >= 4 is 27.3 Å². The number of aromatic nitrogens is 2. The predicted molar refractivity (Wildman–Crippen MR) is 74.6 cm³/mol. The third-order valence-electron chi connectivity index (χ3n) is 2.32. The molecular weight excluding hydrogens is 300 g/mol. The summed E-state index contributed by atoms with van der Waals surface area (Å²) in [5, 5.41) is 0. The standard InChI is InChI=1S/C12H13BrN2OS/c1-12(2,3)8-6-10(16)15-11(14-8)7-4-5-9(13)17-7/h4-6H,1-3H3,(H,14,15,16). The van der Waals surface area contributed by atoms with Crippen molar-refractivity contribution in [2.24, 2.45) is 0 Å². The van der Waals surface area contributed by atoms with Gasteiger partial charge >= 0.3 is 0 Å². The molecule has 2 heterocycles. The van der Waals surface area contributed by atoms with Gasteiger partial charge in [-0.25, -0.2) is 4.98 Å². The second kappa shape index (κ2) is 4.38. The average Bonchev–Trinajstić information content (AvgIpc) is 2.62. The summed E-state index contributed by atoms with van der Waals surface area (Å²) in [7, 11) is 0. The minimum atomic E-state index is -0.127. The average molecular weight is 313 g/mol. The van der Waals surface area contributed by atoms with Crippen LogP contribution >= 0.6 is 27.3 Å². The van der Waals surface area contributed by atoms with Crippen LogP contribution < -0.4 is 5.56 Å². The van der Waals surface area contributed by atoms with Crippen LogP contribution in [-0.4, -0.2) is 9.97 Å². The van der Waals surface area contributed by atoms with Crippen molar-refractivity contribution in [3.05, 3.63) is 38.0 Å². The Labute approximate surface area is 112 Å². The van der Waals surface area contributed by atoms with Gasteiger partial charge in [-0.15, -0.1) is 11.3 Å². The zero-order valence-electron chi connectivity index (χ0n) is 9.87. The zero-order valence-corrected chi connectivity index (χ0v) is 12.3. The highest BCUT2D eigenvalue weighted by atomic mass is 79.9. The van der Waals surface area contributed by atoms with Crippen LogP contribution in [0.3, 0.4) is 0 Å². The summed E-state index contributed by atoms with van der Waals surface area (Å²) in [5.74, 6) is 0.637. The van der Waals surface area contributed by atoms with Crippen molar-refractivity contribution in [3.8, 4) is 10.7 Å². The molecule has 90 valence electrons. The fourth-order valence-electron chi connectivity index (χ4n) is 1.40. The molecule has 0 radical (unpaired) electrons. The number of aromatic amines is 1. The van der Waals surface area contributed by atoms with Crippen LogP contribution in [0.1, 0.15) is 26.5 Å². The van der Waals surface area contributed by atoms with Gasteiger partial charge in [0.1, 0.15) is 0 Å². The predicted octanol–water partition coefficient (Wildman–Crippen LogP) is 3.56. The lowest BCUT2D eigenvalue weighted by atomic mass is 9.92. The van der Waals surface area contributed by atoms with Crippen LogP contribution in [0.5, 0.6) is 0 Å². The first-order chi connectivity index (χ1) is 7.86. The first kappa shape index (κ1) is 12.5. The van der Waals surface area contributed by atoms with E-state index in [-0.39, 0.29) is 11.0 Å². The molecule has 0 spiro atoms. The Kier molecular flexibility index (Phi) is 3.23. The van der Waals surface area contributed by atoms with E-state index in [0.29, 0.717) is 5.82 Å². The van der Waals surface area contributed by atoms with Gasteiger partial charge in [0.15, 0.2) is 5.82 Å². The molecule has 0 saturated carbocycles. The number of hydrogen-bond donors (Lipinski definition) is 1. The summed E-state index contributed by atoms with van der Waals surface area (Å²) in [6, 6.07) is 5.45. The molecule has 0 unspecified atom stereocenters. The molecule has 2 aromatic rings. The minimum Gasteiger partial charge on any atom is -0.306 e. The summed E-state index contributed by atoms with van der Waals surface area (Å²) in [5.41, 5.74) is 0.572. The summed E-state index contributed by atoms with van der Waals surface area (Å²) in [6.45, 7) is 6.13. The van der Waals surface area contributed by atoms with Crippen LogP contribution in [0.25, 0.3) is 10.7 Å². The topological polar surface area (TPSA) is 45.8 Å². The van der Waals surface area contributed by atoms with Gasteiger partial charge in [0.25, 0.3) is 5.56 Å². The van der Waals surface area contributed by atoms with Gasteiger partial charge in [-0.1, -0.05) is 20.8 Å². The Morgan fingerprint density at radius 1 is 1.35 bits per heavy atom. The SMILES string of the molecule is CC(C)(C)c1cc(=O)[nH]c(-c2ccc(Br)s2)n1. The van der Waals surface area contributed by atoms with Crippen LogP contribution in [0.4, 0.5) is 0 Å². The van der Waals surface area contributed by atoms with E-state index in [4.69, 9.17) is 0 Å². The first-order valence-corrected chi connectivity index (χ1v) is 6.85. The monoisotopic (exact) mass is 312 g/mol. The first-order valence-electron chi connectivity index (χ1n) is 5.24. The second-order valence-corrected chi connectivity index (χ2v) is 7.30. The van der Waals surface area contributed by atoms with Crippen molar-refractivity contribution in [1.82, 2.24) is 9.97 Å². The Morgan fingerprint density at radius 3 is 2.59 bits per heavy atom. The van der Waals surface area contributed by atoms with Gasteiger partial charge in [0.05, 0.1) is 14.4 Å². The number of thiophene rings is 1. The number of H-pyrrole nitrogens is 1. The molecule has 5 heteroatoms. The number of nitrogens with one attached hydrogen (secondary N) is 1. The van der Waals surface area contributed by atoms with E-state index in [1.54, 1.807) is 17.4 Å². The smallest absolute Gasteiger partial charge is 0.251 e. The van der Waals surface area contributed by atoms with Crippen LogP contribution in [0.15, 0.2) is 26.8 Å². The summed E-state index contributed by atoms with van der Waals surface area (Å²) in [6.07, 6.45) is 0. The molecule has 0 atom stereocenters. The van der Waals surface area contributed by atoms with E-state index in [1.807, 2.05) is 32.9 Å². The number of nitrogens with zero attached hydrogens (tertiary/aromatic N) is 1. The minimum absolute atomic E-state index is 0.107. The van der Waals surface area contributed by atoms with Crippen LogP contribution in [-0.2, 0) is 5.41 Å². The Morgan fingerprint density at radius 2 is 2.06 bits per heavy atom. The molecule has 0 amide bonds. The van der Waals surface area contributed by atoms with Crippen LogP contribution in [0.2, 0.25) is 0 Å². The van der Waals surface area contributed by atoms with Gasteiger partial charge in [-0.05, 0) is 28.1 Å². The fourth-order valence-corrected chi connectivity index (χ4v) is 2.73. The summed E-state index contributed by atoms with van der Waals surface area (Å²) >= 11 is 4.96. The lowest BCUT2D eigenvalue weighted by molar-refractivity contribution is 0.566. The van der Waals surface area contributed by atoms with E-state index in [0.717, 1.165) is 14.4 Å².